The van der Waals surface area contributed by atoms with Gasteiger partial charge in [-0.15, -0.1) is 0 Å². The zero-order chi connectivity index (χ0) is 24.2. The standard InChI is InChI=1S/C27H34BrN3O3/c1-18-13-19(2)16-30(15-18)12-6-11-29-26(32)25-22-7-4-5-8-23(22)27(33)31(25)17-20-14-21(28)9-10-24(20)34-3/h4-5,7-10,14,18-19,25H,6,11-13,15-17H2,1-3H3,(H,29,32)/t18-,19+,25-/m1/s1. The number of nitrogens with one attached hydrogen (secondary N) is 1. The van der Waals surface area contributed by atoms with Gasteiger partial charge in [-0.2, -0.15) is 0 Å². The number of nitrogens with zero attached hydrogens (tertiary/aromatic N) is 2. The molecule has 0 radical (unpaired) electrons. The number of hydrogen-bond donors (Lipinski definition) is 1. The van der Waals surface area contributed by atoms with E-state index in [9.17, 15) is 9.59 Å². The first-order valence-electron chi connectivity index (χ1n) is 12.1. The Hall–Kier alpha value is -2.38. The summed E-state index contributed by atoms with van der Waals surface area (Å²) in [5, 5.41) is 3.10. The number of benzene rings is 2. The van der Waals surface area contributed by atoms with Crippen LogP contribution in [0.15, 0.2) is 46.9 Å². The fourth-order valence-electron chi connectivity index (χ4n) is 5.46. The number of amides is 2. The van der Waals surface area contributed by atoms with E-state index in [2.05, 4.69) is 40.0 Å². The van der Waals surface area contributed by atoms with Gasteiger partial charge in [0.2, 0.25) is 5.91 Å². The minimum Gasteiger partial charge on any atom is -0.496 e. The van der Waals surface area contributed by atoms with Gasteiger partial charge in [-0.3, -0.25) is 9.59 Å². The number of halogens is 1. The normalized spacial score (nSPS) is 22.5. The van der Waals surface area contributed by atoms with E-state index in [0.717, 1.165) is 53.5 Å². The molecule has 182 valence electrons. The molecule has 0 bridgehead atoms. The van der Waals surface area contributed by atoms with Crippen LogP contribution in [0.25, 0.3) is 0 Å². The number of hydrogen-bond acceptors (Lipinski definition) is 4. The number of rotatable bonds is 8. The first-order valence-corrected chi connectivity index (χ1v) is 12.9. The van der Waals surface area contributed by atoms with E-state index in [0.29, 0.717) is 17.9 Å². The van der Waals surface area contributed by atoms with Crippen LogP contribution in [0.2, 0.25) is 0 Å². The monoisotopic (exact) mass is 527 g/mol. The average molecular weight is 528 g/mol. The number of methoxy groups -OCH3 is 1. The van der Waals surface area contributed by atoms with E-state index in [1.807, 2.05) is 36.4 Å². The van der Waals surface area contributed by atoms with Gasteiger partial charge in [0.1, 0.15) is 11.8 Å². The maximum atomic E-state index is 13.4. The van der Waals surface area contributed by atoms with Gasteiger partial charge in [-0.1, -0.05) is 48.0 Å². The van der Waals surface area contributed by atoms with Gasteiger partial charge >= 0.3 is 0 Å². The van der Waals surface area contributed by atoms with Crippen LogP contribution in [0.1, 0.15) is 54.2 Å². The van der Waals surface area contributed by atoms with Crippen LogP contribution in [0.4, 0.5) is 0 Å². The van der Waals surface area contributed by atoms with Crippen LogP contribution in [0.5, 0.6) is 5.75 Å². The van der Waals surface area contributed by atoms with Crippen molar-refractivity contribution in [2.75, 3.05) is 33.3 Å². The third-order valence-electron chi connectivity index (χ3n) is 6.78. The summed E-state index contributed by atoms with van der Waals surface area (Å²) in [5.41, 5.74) is 2.20. The summed E-state index contributed by atoms with van der Waals surface area (Å²) < 4.78 is 6.40. The van der Waals surface area contributed by atoms with Crippen molar-refractivity contribution >= 4 is 27.7 Å². The Morgan fingerprint density at radius 1 is 1.15 bits per heavy atom. The summed E-state index contributed by atoms with van der Waals surface area (Å²) in [4.78, 5) is 30.8. The second-order valence-corrected chi connectivity index (χ2v) is 10.6. The van der Waals surface area contributed by atoms with Gasteiger partial charge in [0.25, 0.3) is 5.91 Å². The molecule has 0 saturated carbocycles. The van der Waals surface area contributed by atoms with Crippen LogP contribution in [0, 0.1) is 11.8 Å². The molecular formula is C27H34BrN3O3. The molecule has 4 rings (SSSR count). The molecule has 2 amide bonds. The second-order valence-electron chi connectivity index (χ2n) is 9.73. The number of piperidine rings is 1. The first-order chi connectivity index (χ1) is 16.4. The number of carbonyl (C=O) groups excluding carboxylic acids is 2. The van der Waals surface area contributed by atoms with Crippen molar-refractivity contribution in [3.8, 4) is 5.75 Å². The molecule has 2 aromatic carbocycles. The zero-order valence-corrected chi connectivity index (χ0v) is 21.8. The number of fused-ring (bicyclic) bond motifs is 1. The largest absolute Gasteiger partial charge is 0.496 e. The SMILES string of the molecule is COc1ccc(Br)cc1CN1C(=O)c2ccccc2[C@@H]1C(=O)NCCCN1C[C@H](C)C[C@H](C)C1. The topological polar surface area (TPSA) is 61.9 Å². The summed E-state index contributed by atoms with van der Waals surface area (Å²) in [7, 11) is 1.61. The van der Waals surface area contributed by atoms with E-state index in [-0.39, 0.29) is 18.4 Å². The molecule has 7 heteroatoms. The molecule has 34 heavy (non-hydrogen) atoms. The van der Waals surface area contributed by atoms with Crippen LogP contribution in [-0.2, 0) is 11.3 Å². The van der Waals surface area contributed by atoms with Crippen molar-refractivity contribution in [1.82, 2.24) is 15.1 Å². The molecule has 0 unspecified atom stereocenters. The molecule has 0 spiro atoms. The van der Waals surface area contributed by atoms with Crippen molar-refractivity contribution < 1.29 is 14.3 Å². The van der Waals surface area contributed by atoms with Crippen molar-refractivity contribution in [2.24, 2.45) is 11.8 Å². The summed E-state index contributed by atoms with van der Waals surface area (Å²) in [6.45, 7) is 8.75. The van der Waals surface area contributed by atoms with Crippen LogP contribution in [-0.4, -0.2) is 54.9 Å². The molecule has 1 N–H and O–H groups in total. The van der Waals surface area contributed by atoms with Crippen molar-refractivity contribution in [3.05, 3.63) is 63.6 Å². The van der Waals surface area contributed by atoms with Gasteiger partial charge in [0.15, 0.2) is 0 Å². The van der Waals surface area contributed by atoms with Gasteiger partial charge in [0, 0.05) is 35.2 Å². The number of carbonyl (C=O) groups is 2. The number of likely N-dealkylation sites (tertiary alicyclic amines) is 1. The molecule has 0 aromatic heterocycles. The van der Waals surface area contributed by atoms with Crippen molar-refractivity contribution in [3.63, 3.8) is 0 Å². The highest BCUT2D eigenvalue weighted by molar-refractivity contribution is 9.10. The third kappa shape index (κ3) is 5.47. The van der Waals surface area contributed by atoms with Crippen LogP contribution >= 0.6 is 15.9 Å². The molecule has 2 aliphatic heterocycles. The summed E-state index contributed by atoms with van der Waals surface area (Å²) in [6.07, 6.45) is 2.19. The summed E-state index contributed by atoms with van der Waals surface area (Å²) in [6, 6.07) is 12.5. The van der Waals surface area contributed by atoms with E-state index < -0.39 is 6.04 Å². The highest BCUT2D eigenvalue weighted by Gasteiger charge is 2.41. The minimum absolute atomic E-state index is 0.130. The smallest absolute Gasteiger partial charge is 0.255 e. The average Bonchev–Trinajstić information content (AvgIpc) is 3.08. The molecule has 2 aromatic rings. The maximum Gasteiger partial charge on any atom is 0.255 e. The first kappa shape index (κ1) is 24.7. The van der Waals surface area contributed by atoms with E-state index >= 15 is 0 Å². The molecule has 3 atom stereocenters. The lowest BCUT2D eigenvalue weighted by Crippen LogP contribution is -2.41. The highest BCUT2D eigenvalue weighted by atomic mass is 79.9. The Labute approximate surface area is 210 Å². The second kappa shape index (κ2) is 10.9. The molecular weight excluding hydrogens is 494 g/mol. The Morgan fingerprint density at radius 3 is 2.62 bits per heavy atom. The van der Waals surface area contributed by atoms with Gasteiger partial charge in [-0.25, -0.2) is 0 Å². The molecule has 2 aliphatic rings. The molecule has 6 nitrogen and oxygen atoms in total. The van der Waals surface area contributed by atoms with Crippen LogP contribution < -0.4 is 10.1 Å². The Bertz CT molecular complexity index is 1030. The highest BCUT2D eigenvalue weighted by Crippen LogP contribution is 2.36. The molecule has 1 saturated heterocycles. The summed E-state index contributed by atoms with van der Waals surface area (Å²) >= 11 is 3.50. The Kier molecular flexibility index (Phi) is 7.94. The minimum atomic E-state index is -0.651. The number of ether oxygens (including phenoxy) is 1. The lowest BCUT2D eigenvalue weighted by molar-refractivity contribution is -0.125. The van der Waals surface area contributed by atoms with E-state index in [1.165, 1.54) is 6.42 Å². The summed E-state index contributed by atoms with van der Waals surface area (Å²) in [5.74, 6) is 1.88. The fourth-order valence-corrected chi connectivity index (χ4v) is 5.86. The molecule has 0 aliphatic carbocycles. The molecule has 2 heterocycles. The van der Waals surface area contributed by atoms with Gasteiger partial charge in [0.05, 0.1) is 13.7 Å². The lowest BCUT2D eigenvalue weighted by Gasteiger charge is -2.35. The van der Waals surface area contributed by atoms with Crippen molar-refractivity contribution in [2.45, 2.75) is 39.3 Å². The Balaban J connectivity index is 1.45. The van der Waals surface area contributed by atoms with Crippen LogP contribution in [0.3, 0.4) is 0 Å². The lowest BCUT2D eigenvalue weighted by atomic mass is 9.92. The van der Waals surface area contributed by atoms with E-state index in [4.69, 9.17) is 4.74 Å². The fraction of sp³-hybridized carbons (Fsp3) is 0.481. The predicted octanol–water partition coefficient (Wildman–Crippen LogP) is 4.64. The Morgan fingerprint density at radius 2 is 1.88 bits per heavy atom. The third-order valence-corrected chi connectivity index (χ3v) is 7.28. The van der Waals surface area contributed by atoms with Gasteiger partial charge in [-0.05, 0) is 61.1 Å². The van der Waals surface area contributed by atoms with Crippen molar-refractivity contribution in [1.29, 1.82) is 0 Å². The quantitative estimate of drug-likeness (QED) is 0.508. The van der Waals surface area contributed by atoms with Gasteiger partial charge < -0.3 is 19.9 Å². The zero-order valence-electron chi connectivity index (χ0n) is 20.2. The van der Waals surface area contributed by atoms with E-state index in [1.54, 1.807) is 18.1 Å². The molecule has 1 fully saturated rings. The predicted molar refractivity (Wildman–Crippen MR) is 137 cm³/mol. The maximum absolute atomic E-state index is 13.4.